The number of aryl methyl sites for hydroxylation is 1. The Bertz CT molecular complexity index is 1300. The summed E-state index contributed by atoms with van der Waals surface area (Å²) < 4.78 is 21.6. The van der Waals surface area contributed by atoms with E-state index in [1.165, 1.54) is 17.7 Å². The largest absolute Gasteiger partial charge is 0.497 e. The van der Waals surface area contributed by atoms with Gasteiger partial charge in [-0.15, -0.1) is 0 Å². The second-order valence-corrected chi connectivity index (χ2v) is 9.76. The number of rotatable bonds is 9. The summed E-state index contributed by atoms with van der Waals surface area (Å²) in [6, 6.07) is 15.1. The molecule has 0 saturated carbocycles. The maximum atomic E-state index is 13.7. The van der Waals surface area contributed by atoms with Crippen molar-refractivity contribution in [3.05, 3.63) is 77.5 Å². The van der Waals surface area contributed by atoms with Gasteiger partial charge in [-0.1, -0.05) is 19.1 Å². The van der Waals surface area contributed by atoms with Gasteiger partial charge in [0.15, 0.2) is 6.29 Å². The van der Waals surface area contributed by atoms with Gasteiger partial charge >= 0.3 is 0 Å². The number of nitrogens with zero attached hydrogens (tertiary/aromatic N) is 5. The van der Waals surface area contributed by atoms with Gasteiger partial charge in [-0.2, -0.15) is 0 Å². The minimum absolute atomic E-state index is 0.258. The first-order valence-electron chi connectivity index (χ1n) is 12.9. The molecule has 0 saturated heterocycles. The van der Waals surface area contributed by atoms with Gasteiger partial charge in [0.05, 0.1) is 24.2 Å². The molecule has 2 atom stereocenters. The number of allylic oxidation sites excluding steroid dienone is 1. The van der Waals surface area contributed by atoms with Crippen molar-refractivity contribution in [1.82, 2.24) is 19.4 Å². The Labute approximate surface area is 218 Å². The lowest BCUT2D eigenvalue weighted by Crippen LogP contribution is -2.39. The van der Waals surface area contributed by atoms with Gasteiger partial charge in [0.2, 0.25) is 0 Å². The number of halogens is 1. The van der Waals surface area contributed by atoms with Gasteiger partial charge < -0.3 is 14.2 Å². The van der Waals surface area contributed by atoms with Crippen molar-refractivity contribution >= 4 is 11.9 Å². The summed E-state index contributed by atoms with van der Waals surface area (Å²) in [7, 11) is 3.66. The highest BCUT2D eigenvalue weighted by molar-refractivity contribution is 5.88. The molecule has 2 unspecified atom stereocenters. The Morgan fingerprint density at radius 1 is 1.19 bits per heavy atom. The molecule has 3 heterocycles. The molecule has 2 N–H and O–H groups in total. The molecule has 2 aliphatic heterocycles. The Morgan fingerprint density at radius 2 is 2.00 bits per heavy atom. The monoisotopic (exact) mass is 502 g/mol. The Balaban J connectivity index is 1.52. The van der Waals surface area contributed by atoms with Crippen LogP contribution >= 0.6 is 0 Å². The number of nitrogens with two attached hydrogens (primary N) is 1. The lowest BCUT2D eigenvalue weighted by atomic mass is 10.1. The molecule has 0 radical (unpaired) electrons. The van der Waals surface area contributed by atoms with Crippen LogP contribution < -0.4 is 10.5 Å². The lowest BCUT2D eigenvalue weighted by Gasteiger charge is -2.32. The molecular weight excluding hydrogens is 467 g/mol. The average molecular weight is 503 g/mol. The number of ether oxygens (including phenoxy) is 1. The van der Waals surface area contributed by atoms with Crippen LogP contribution in [0.3, 0.4) is 0 Å². The van der Waals surface area contributed by atoms with Gasteiger partial charge in [0.25, 0.3) is 0 Å². The molecule has 0 aliphatic carbocycles. The molecule has 3 aromatic rings. The Morgan fingerprint density at radius 3 is 2.76 bits per heavy atom. The van der Waals surface area contributed by atoms with E-state index >= 15 is 0 Å². The molecule has 0 spiro atoms. The maximum Gasteiger partial charge on any atom is 0.173 e. The molecule has 1 aromatic heterocycles. The molecular formula is C29H35FN6O. The normalized spacial score (nSPS) is 18.9. The summed E-state index contributed by atoms with van der Waals surface area (Å²) in [5.41, 5.74) is 11.3. The third-order valence-corrected chi connectivity index (χ3v) is 7.21. The summed E-state index contributed by atoms with van der Waals surface area (Å²) in [4.78, 5) is 13.9. The molecule has 2 aliphatic rings. The van der Waals surface area contributed by atoms with Gasteiger partial charge in [-0.25, -0.2) is 9.37 Å². The number of hydrogen-bond donors (Lipinski definition) is 1. The first kappa shape index (κ1) is 25.2. The molecule has 2 aromatic carbocycles. The van der Waals surface area contributed by atoms with Crippen LogP contribution in [0.2, 0.25) is 0 Å². The molecule has 5 rings (SSSR count). The van der Waals surface area contributed by atoms with Crippen LogP contribution in [-0.2, 0) is 13.0 Å². The second-order valence-electron chi connectivity index (χ2n) is 9.76. The zero-order valence-electron chi connectivity index (χ0n) is 21.8. The summed E-state index contributed by atoms with van der Waals surface area (Å²) in [5.74, 6) is 1.68. The number of hydrogen-bond acceptors (Lipinski definition) is 6. The summed E-state index contributed by atoms with van der Waals surface area (Å²) in [6.45, 7) is 4.97. The number of methoxy groups -OCH3 is 1. The van der Waals surface area contributed by atoms with Crippen molar-refractivity contribution in [3.63, 3.8) is 0 Å². The Hall–Kier alpha value is -3.49. The third kappa shape index (κ3) is 5.17. The molecule has 37 heavy (non-hydrogen) atoms. The second kappa shape index (κ2) is 10.9. The van der Waals surface area contributed by atoms with E-state index in [0.717, 1.165) is 73.1 Å². The van der Waals surface area contributed by atoms with E-state index in [9.17, 15) is 4.39 Å². The highest BCUT2D eigenvalue weighted by atomic mass is 19.1. The predicted octanol–water partition coefficient (Wildman–Crippen LogP) is 4.70. The quantitative estimate of drug-likeness (QED) is 0.459. The number of aromatic nitrogens is 2. The number of fused-ring (bicyclic) bond motifs is 1. The molecule has 0 bridgehead atoms. The SMILES string of the molecule is CCCN(Cc1cccc(OC)c1)CC1CCc2nc(-c3ccc(F)cc3)c(C3=CC=NC(N)N3C)n21. The van der Waals surface area contributed by atoms with Crippen LogP contribution in [0.1, 0.15) is 42.9 Å². The fourth-order valence-corrected chi connectivity index (χ4v) is 5.39. The maximum absolute atomic E-state index is 13.7. The zero-order valence-corrected chi connectivity index (χ0v) is 21.8. The first-order valence-corrected chi connectivity index (χ1v) is 12.9. The van der Waals surface area contributed by atoms with E-state index in [2.05, 4.69) is 33.5 Å². The fraction of sp³-hybridized carbons (Fsp3) is 0.379. The molecule has 0 fully saturated rings. The molecule has 0 amide bonds. The van der Waals surface area contributed by atoms with Crippen LogP contribution in [0.4, 0.5) is 4.39 Å². The smallest absolute Gasteiger partial charge is 0.173 e. The van der Waals surface area contributed by atoms with Crippen LogP contribution in [-0.4, -0.2) is 59.1 Å². The van der Waals surface area contributed by atoms with Gasteiger partial charge in [0, 0.05) is 44.4 Å². The molecule has 8 heteroatoms. The van der Waals surface area contributed by atoms with Gasteiger partial charge in [0.1, 0.15) is 17.4 Å². The summed E-state index contributed by atoms with van der Waals surface area (Å²) >= 11 is 0. The number of imidazole rings is 1. The van der Waals surface area contributed by atoms with E-state index in [0.29, 0.717) is 0 Å². The molecule has 7 nitrogen and oxygen atoms in total. The van der Waals surface area contributed by atoms with Crippen LogP contribution in [0.25, 0.3) is 17.0 Å². The van der Waals surface area contributed by atoms with Crippen molar-refractivity contribution in [2.75, 3.05) is 27.2 Å². The first-order chi connectivity index (χ1) is 18.0. The minimum Gasteiger partial charge on any atom is -0.497 e. The predicted molar refractivity (Wildman–Crippen MR) is 146 cm³/mol. The summed E-state index contributed by atoms with van der Waals surface area (Å²) in [6.07, 6.45) is 6.29. The zero-order chi connectivity index (χ0) is 25.9. The molecule has 194 valence electrons. The Kier molecular flexibility index (Phi) is 7.39. The fourth-order valence-electron chi connectivity index (χ4n) is 5.39. The lowest BCUT2D eigenvalue weighted by molar-refractivity contribution is 0.225. The minimum atomic E-state index is -0.461. The van der Waals surface area contributed by atoms with Crippen LogP contribution in [0, 0.1) is 5.82 Å². The van der Waals surface area contributed by atoms with E-state index in [4.69, 9.17) is 15.5 Å². The van der Waals surface area contributed by atoms with Crippen molar-refractivity contribution < 1.29 is 9.13 Å². The van der Waals surface area contributed by atoms with Crippen molar-refractivity contribution in [3.8, 4) is 17.0 Å². The van der Waals surface area contributed by atoms with E-state index in [1.54, 1.807) is 25.5 Å². The van der Waals surface area contributed by atoms with Gasteiger partial charge in [-0.3, -0.25) is 15.6 Å². The number of aliphatic imine (C=N–C) groups is 1. The average Bonchev–Trinajstić information content (AvgIpc) is 3.46. The standard InChI is InChI=1S/C29H35FN6O/c1-4-16-35(18-20-6-5-7-24(17-20)37-3)19-23-12-13-26-33-27(21-8-10-22(30)11-9-21)28(36(23)26)25-14-15-32-29(31)34(25)2/h5-11,14-15,17,23,29H,4,12-13,16,18-19,31H2,1-3H3. The topological polar surface area (TPSA) is 71.9 Å². The van der Waals surface area contributed by atoms with Crippen molar-refractivity contribution in [2.45, 2.75) is 45.1 Å². The van der Waals surface area contributed by atoms with Crippen LogP contribution in [0.15, 0.2) is 59.6 Å². The van der Waals surface area contributed by atoms with E-state index < -0.39 is 6.29 Å². The number of benzene rings is 2. The third-order valence-electron chi connectivity index (χ3n) is 7.21. The van der Waals surface area contributed by atoms with E-state index in [-0.39, 0.29) is 11.9 Å². The summed E-state index contributed by atoms with van der Waals surface area (Å²) in [5, 5.41) is 0. The van der Waals surface area contributed by atoms with Crippen molar-refractivity contribution in [2.24, 2.45) is 10.7 Å². The highest BCUT2D eigenvalue weighted by Gasteiger charge is 2.34. The van der Waals surface area contributed by atoms with Crippen LogP contribution in [0.5, 0.6) is 5.75 Å². The van der Waals surface area contributed by atoms with Gasteiger partial charge in [-0.05, 0) is 67.4 Å². The van der Waals surface area contributed by atoms with Crippen molar-refractivity contribution in [1.29, 1.82) is 0 Å². The van der Waals surface area contributed by atoms with E-state index in [1.807, 2.05) is 30.2 Å². The highest BCUT2D eigenvalue weighted by Crippen LogP contribution is 2.39.